The molecule has 1 rings (SSSR count). The van der Waals surface area contributed by atoms with Crippen LogP contribution in [0.5, 0.6) is 0 Å². The van der Waals surface area contributed by atoms with Crippen molar-refractivity contribution in [2.45, 2.75) is 39.8 Å². The predicted molar refractivity (Wildman–Crippen MR) is 61.0 cm³/mol. The van der Waals surface area contributed by atoms with Gasteiger partial charge < -0.3 is 5.32 Å². The van der Waals surface area contributed by atoms with Crippen LogP contribution in [-0.2, 0) is 6.54 Å². The molecule has 0 atom stereocenters. The highest BCUT2D eigenvalue weighted by molar-refractivity contribution is 4.96. The Morgan fingerprint density at radius 3 is 2.87 bits per heavy atom. The molecule has 4 nitrogen and oxygen atoms in total. The van der Waals surface area contributed by atoms with Crippen molar-refractivity contribution in [3.8, 4) is 0 Å². The van der Waals surface area contributed by atoms with Crippen molar-refractivity contribution in [3.63, 3.8) is 0 Å². The van der Waals surface area contributed by atoms with E-state index in [1.165, 1.54) is 4.68 Å². The Balaban J connectivity index is 2.43. The molecule has 0 amide bonds. The lowest BCUT2D eigenvalue weighted by atomic mass is 10.3. The Kier molecular flexibility index (Phi) is 4.49. The minimum atomic E-state index is -0.0230. The van der Waals surface area contributed by atoms with Crippen molar-refractivity contribution in [1.29, 1.82) is 0 Å². The number of rotatable bonds is 5. The minimum absolute atomic E-state index is 0.0230. The monoisotopic (exact) mass is 209 g/mol. The van der Waals surface area contributed by atoms with Gasteiger partial charge in [0.2, 0.25) is 0 Å². The zero-order valence-corrected chi connectivity index (χ0v) is 9.66. The van der Waals surface area contributed by atoms with Gasteiger partial charge in [-0.15, -0.1) is 0 Å². The fraction of sp³-hybridized carbons (Fsp3) is 0.636. The molecule has 0 aromatic carbocycles. The largest absolute Gasteiger partial charge is 0.314 e. The summed E-state index contributed by atoms with van der Waals surface area (Å²) >= 11 is 0. The van der Waals surface area contributed by atoms with Gasteiger partial charge in [0.25, 0.3) is 5.56 Å². The molecule has 0 aliphatic heterocycles. The third-order valence-corrected chi connectivity index (χ3v) is 2.10. The highest BCUT2D eigenvalue weighted by Gasteiger charge is 1.98. The molecule has 1 aromatic heterocycles. The normalized spacial score (nSPS) is 10.9. The van der Waals surface area contributed by atoms with E-state index in [1.807, 2.05) is 6.92 Å². The molecule has 4 heteroatoms. The summed E-state index contributed by atoms with van der Waals surface area (Å²) in [5, 5.41) is 7.47. The highest BCUT2D eigenvalue weighted by Crippen LogP contribution is 1.88. The summed E-state index contributed by atoms with van der Waals surface area (Å²) in [5.74, 6) is 0. The van der Waals surface area contributed by atoms with E-state index in [9.17, 15) is 4.79 Å². The minimum Gasteiger partial charge on any atom is -0.314 e. The summed E-state index contributed by atoms with van der Waals surface area (Å²) in [4.78, 5) is 11.4. The van der Waals surface area contributed by atoms with E-state index >= 15 is 0 Å². The van der Waals surface area contributed by atoms with Gasteiger partial charge in [0, 0.05) is 18.7 Å². The second kappa shape index (κ2) is 5.66. The van der Waals surface area contributed by atoms with Gasteiger partial charge in [-0.25, -0.2) is 4.68 Å². The lowest BCUT2D eigenvalue weighted by molar-refractivity contribution is 0.496. The Bertz CT molecular complexity index is 357. The summed E-state index contributed by atoms with van der Waals surface area (Å²) in [6.45, 7) is 7.70. The number of nitrogens with zero attached hydrogens (tertiary/aromatic N) is 2. The van der Waals surface area contributed by atoms with Crippen LogP contribution in [0.15, 0.2) is 16.9 Å². The number of aromatic nitrogens is 2. The molecule has 0 fully saturated rings. The van der Waals surface area contributed by atoms with Crippen LogP contribution in [0, 0.1) is 6.92 Å². The van der Waals surface area contributed by atoms with Crippen LogP contribution in [0.4, 0.5) is 0 Å². The molecule has 0 unspecified atom stereocenters. The number of nitrogens with one attached hydrogen (secondary N) is 1. The van der Waals surface area contributed by atoms with E-state index in [0.717, 1.165) is 18.7 Å². The second-order valence-corrected chi connectivity index (χ2v) is 4.00. The first kappa shape index (κ1) is 11.9. The van der Waals surface area contributed by atoms with Crippen molar-refractivity contribution in [3.05, 3.63) is 28.2 Å². The van der Waals surface area contributed by atoms with Crippen LogP contribution < -0.4 is 10.9 Å². The number of hydrogen-bond acceptors (Lipinski definition) is 3. The molecule has 1 aromatic rings. The van der Waals surface area contributed by atoms with Crippen LogP contribution >= 0.6 is 0 Å². The first-order valence-electron chi connectivity index (χ1n) is 5.38. The topological polar surface area (TPSA) is 46.9 Å². The fourth-order valence-corrected chi connectivity index (χ4v) is 1.33. The molecular weight excluding hydrogens is 190 g/mol. The Hall–Kier alpha value is -1.16. The molecule has 0 aliphatic rings. The van der Waals surface area contributed by atoms with E-state index in [-0.39, 0.29) is 5.56 Å². The predicted octanol–water partition coefficient (Wildman–Crippen LogP) is 0.940. The first-order valence-corrected chi connectivity index (χ1v) is 5.38. The quantitative estimate of drug-likeness (QED) is 0.734. The van der Waals surface area contributed by atoms with Gasteiger partial charge in [-0.1, -0.05) is 13.8 Å². The van der Waals surface area contributed by atoms with Gasteiger partial charge in [0.1, 0.15) is 0 Å². The van der Waals surface area contributed by atoms with Crippen LogP contribution in [0.1, 0.15) is 26.0 Å². The van der Waals surface area contributed by atoms with Crippen LogP contribution in [-0.4, -0.2) is 22.4 Å². The summed E-state index contributed by atoms with van der Waals surface area (Å²) in [6.07, 6.45) is 0.925. The molecule has 15 heavy (non-hydrogen) atoms. The fourth-order valence-electron chi connectivity index (χ4n) is 1.33. The molecular formula is C11H19N3O. The highest BCUT2D eigenvalue weighted by atomic mass is 16.1. The molecule has 0 saturated heterocycles. The van der Waals surface area contributed by atoms with Gasteiger partial charge in [-0.3, -0.25) is 4.79 Å². The van der Waals surface area contributed by atoms with E-state index < -0.39 is 0 Å². The standard InChI is InChI=1S/C11H19N3O/c1-9(2)12-7-4-8-14-11(15)6-5-10(3)13-14/h5-6,9,12H,4,7-8H2,1-3H3. The summed E-state index contributed by atoms with van der Waals surface area (Å²) in [5.41, 5.74) is 0.858. The van der Waals surface area contributed by atoms with Gasteiger partial charge in [0.15, 0.2) is 0 Å². The number of aryl methyl sites for hydroxylation is 2. The zero-order chi connectivity index (χ0) is 11.3. The Morgan fingerprint density at radius 2 is 2.20 bits per heavy atom. The van der Waals surface area contributed by atoms with Crippen molar-refractivity contribution in [2.75, 3.05) is 6.54 Å². The second-order valence-electron chi connectivity index (χ2n) is 4.00. The zero-order valence-electron chi connectivity index (χ0n) is 9.66. The number of hydrogen-bond donors (Lipinski definition) is 1. The van der Waals surface area contributed by atoms with E-state index in [2.05, 4.69) is 24.3 Å². The Morgan fingerprint density at radius 1 is 1.47 bits per heavy atom. The van der Waals surface area contributed by atoms with E-state index in [0.29, 0.717) is 12.6 Å². The summed E-state index contributed by atoms with van der Waals surface area (Å²) in [7, 11) is 0. The van der Waals surface area contributed by atoms with E-state index in [4.69, 9.17) is 0 Å². The van der Waals surface area contributed by atoms with Crippen LogP contribution in [0.25, 0.3) is 0 Å². The van der Waals surface area contributed by atoms with E-state index in [1.54, 1.807) is 12.1 Å². The van der Waals surface area contributed by atoms with Gasteiger partial charge >= 0.3 is 0 Å². The molecule has 1 heterocycles. The summed E-state index contributed by atoms with van der Waals surface area (Å²) < 4.78 is 1.53. The smallest absolute Gasteiger partial charge is 0.266 e. The molecule has 0 saturated carbocycles. The molecule has 0 spiro atoms. The third kappa shape index (κ3) is 4.25. The molecule has 0 aliphatic carbocycles. The molecule has 84 valence electrons. The van der Waals surface area contributed by atoms with Crippen LogP contribution in [0.3, 0.4) is 0 Å². The maximum atomic E-state index is 11.4. The maximum absolute atomic E-state index is 11.4. The lowest BCUT2D eigenvalue weighted by Crippen LogP contribution is -2.27. The SMILES string of the molecule is Cc1ccc(=O)n(CCCNC(C)C)n1. The lowest BCUT2D eigenvalue weighted by Gasteiger charge is -2.08. The van der Waals surface area contributed by atoms with Crippen molar-refractivity contribution in [1.82, 2.24) is 15.1 Å². The van der Waals surface area contributed by atoms with Crippen molar-refractivity contribution >= 4 is 0 Å². The van der Waals surface area contributed by atoms with Gasteiger partial charge in [-0.2, -0.15) is 5.10 Å². The average Bonchev–Trinajstić information content (AvgIpc) is 2.17. The van der Waals surface area contributed by atoms with Crippen molar-refractivity contribution in [2.24, 2.45) is 0 Å². The molecule has 0 radical (unpaired) electrons. The maximum Gasteiger partial charge on any atom is 0.266 e. The summed E-state index contributed by atoms with van der Waals surface area (Å²) in [6, 6.07) is 3.80. The van der Waals surface area contributed by atoms with Crippen molar-refractivity contribution < 1.29 is 0 Å². The Labute approximate surface area is 90.3 Å². The molecule has 0 bridgehead atoms. The third-order valence-electron chi connectivity index (χ3n) is 2.10. The molecule has 1 N–H and O–H groups in total. The van der Waals surface area contributed by atoms with Gasteiger partial charge in [-0.05, 0) is 26.0 Å². The first-order chi connectivity index (χ1) is 7.09. The van der Waals surface area contributed by atoms with Crippen LogP contribution in [0.2, 0.25) is 0 Å². The van der Waals surface area contributed by atoms with Gasteiger partial charge in [0.05, 0.1) is 5.69 Å². The average molecular weight is 209 g/mol.